The second-order valence-electron chi connectivity index (χ2n) is 11.6. The third-order valence-corrected chi connectivity index (χ3v) is 10.4. The Balaban J connectivity index is 1.16. The van der Waals surface area contributed by atoms with Gasteiger partial charge in [0.15, 0.2) is 0 Å². The molecule has 2 N–H and O–H groups in total. The van der Waals surface area contributed by atoms with Crippen molar-refractivity contribution in [2.75, 3.05) is 0 Å². The maximum absolute atomic E-state index is 13.0. The van der Waals surface area contributed by atoms with Crippen LogP contribution < -0.4 is 9.88 Å². The predicted octanol–water partition coefficient (Wildman–Crippen LogP) is 5.63. The normalized spacial score (nSPS) is 27.1. The molecule has 2 saturated carbocycles. The molecule has 0 spiro atoms. The molecule has 0 aromatic heterocycles. The van der Waals surface area contributed by atoms with Gasteiger partial charge in [0, 0.05) is 5.41 Å². The number of fused-ring (bicyclic) bond motifs is 5. The fourth-order valence-corrected chi connectivity index (χ4v) is 8.06. The standard InChI is InChI=1S/C32H33NO6S/c1-32-17-16-26-25-13-11-23(38-30(34)20-6-3-2-4-7-20)18-21(25)10-12-27(26)28(32)14-15-29(32)39-31(35)22-8-5-9-24(19-22)40(33,36)37/h2-9,11,13,18-19,26-29H,10,12,14-17H2,1H3,(H2,33,36,37)/t26-,27-,28+,29+,32+/m1/s1. The van der Waals surface area contributed by atoms with Gasteiger partial charge in [-0.2, -0.15) is 0 Å². The van der Waals surface area contributed by atoms with Crippen molar-refractivity contribution in [3.05, 3.63) is 95.1 Å². The molecule has 0 radical (unpaired) electrons. The van der Waals surface area contributed by atoms with E-state index in [0.29, 0.717) is 29.1 Å². The highest BCUT2D eigenvalue weighted by atomic mass is 32.2. The summed E-state index contributed by atoms with van der Waals surface area (Å²) >= 11 is 0. The third kappa shape index (κ3) is 4.84. The minimum atomic E-state index is -3.91. The summed E-state index contributed by atoms with van der Waals surface area (Å²) in [6.45, 7) is 2.25. The van der Waals surface area contributed by atoms with Crippen molar-refractivity contribution in [3.63, 3.8) is 0 Å². The Labute approximate surface area is 234 Å². The number of aryl methyl sites for hydroxylation is 1. The minimum Gasteiger partial charge on any atom is -0.458 e. The summed E-state index contributed by atoms with van der Waals surface area (Å²) in [4.78, 5) is 25.5. The van der Waals surface area contributed by atoms with E-state index < -0.39 is 16.0 Å². The summed E-state index contributed by atoms with van der Waals surface area (Å²) in [5.41, 5.74) is 3.19. The number of hydrogen-bond donors (Lipinski definition) is 1. The highest BCUT2D eigenvalue weighted by molar-refractivity contribution is 7.89. The second-order valence-corrected chi connectivity index (χ2v) is 13.2. The van der Waals surface area contributed by atoms with Crippen LogP contribution in [-0.2, 0) is 21.2 Å². The summed E-state index contributed by atoms with van der Waals surface area (Å²) in [5.74, 6) is 1.08. The molecule has 2 fully saturated rings. The molecule has 0 saturated heterocycles. The van der Waals surface area contributed by atoms with E-state index in [4.69, 9.17) is 14.6 Å². The lowest BCUT2D eigenvalue weighted by Gasteiger charge is -2.50. The molecule has 6 rings (SSSR count). The van der Waals surface area contributed by atoms with Crippen LogP contribution in [0.2, 0.25) is 0 Å². The van der Waals surface area contributed by atoms with Gasteiger partial charge in [-0.05, 0) is 110 Å². The van der Waals surface area contributed by atoms with Crippen molar-refractivity contribution in [2.45, 2.75) is 62.4 Å². The highest BCUT2D eigenvalue weighted by Gasteiger charge is 2.56. The first-order valence-electron chi connectivity index (χ1n) is 13.9. The van der Waals surface area contributed by atoms with Crippen LogP contribution in [0.25, 0.3) is 0 Å². The molecular weight excluding hydrogens is 526 g/mol. The topological polar surface area (TPSA) is 113 Å². The van der Waals surface area contributed by atoms with E-state index in [-0.39, 0.29) is 27.9 Å². The van der Waals surface area contributed by atoms with E-state index in [1.54, 1.807) is 18.2 Å². The Hall–Kier alpha value is -3.49. The van der Waals surface area contributed by atoms with Gasteiger partial charge >= 0.3 is 11.9 Å². The number of carbonyl (C=O) groups excluding carboxylic acids is 2. The molecule has 0 amide bonds. The van der Waals surface area contributed by atoms with Gasteiger partial charge in [0.25, 0.3) is 0 Å². The maximum atomic E-state index is 13.0. The Kier molecular flexibility index (Phi) is 6.79. The van der Waals surface area contributed by atoms with Crippen LogP contribution in [0.3, 0.4) is 0 Å². The minimum absolute atomic E-state index is 0.100. The molecule has 3 aromatic rings. The number of esters is 2. The molecule has 0 unspecified atom stereocenters. The fourth-order valence-electron chi connectivity index (χ4n) is 7.51. The first-order chi connectivity index (χ1) is 19.1. The number of benzene rings is 3. The Morgan fingerprint density at radius 2 is 1.65 bits per heavy atom. The molecule has 208 valence electrons. The largest absolute Gasteiger partial charge is 0.458 e. The van der Waals surface area contributed by atoms with Crippen molar-refractivity contribution in [1.29, 1.82) is 0 Å². The lowest BCUT2D eigenvalue weighted by Crippen LogP contribution is -2.45. The Morgan fingerprint density at radius 3 is 2.42 bits per heavy atom. The van der Waals surface area contributed by atoms with Crippen molar-refractivity contribution >= 4 is 22.0 Å². The molecule has 5 atom stereocenters. The molecule has 0 aliphatic heterocycles. The van der Waals surface area contributed by atoms with Gasteiger partial charge in [-0.25, -0.2) is 23.1 Å². The average molecular weight is 560 g/mol. The Bertz CT molecular complexity index is 1570. The van der Waals surface area contributed by atoms with Crippen molar-refractivity contribution in [1.82, 2.24) is 0 Å². The smallest absolute Gasteiger partial charge is 0.343 e. The molecule has 7 nitrogen and oxygen atoms in total. The second kappa shape index (κ2) is 10.2. The summed E-state index contributed by atoms with van der Waals surface area (Å²) in [7, 11) is -3.91. The average Bonchev–Trinajstić information content (AvgIpc) is 3.28. The van der Waals surface area contributed by atoms with Gasteiger partial charge in [0.05, 0.1) is 16.0 Å². The summed E-state index contributed by atoms with van der Waals surface area (Å²) in [6, 6.07) is 20.8. The molecule has 3 aromatic carbocycles. The van der Waals surface area contributed by atoms with Crippen LogP contribution in [-0.4, -0.2) is 26.5 Å². The van der Waals surface area contributed by atoms with Gasteiger partial charge < -0.3 is 9.47 Å². The predicted molar refractivity (Wildman–Crippen MR) is 149 cm³/mol. The summed E-state index contributed by atoms with van der Waals surface area (Å²) < 4.78 is 35.2. The number of rotatable bonds is 5. The summed E-state index contributed by atoms with van der Waals surface area (Å²) in [5, 5.41) is 5.25. The van der Waals surface area contributed by atoms with Crippen LogP contribution in [0, 0.1) is 17.3 Å². The molecular formula is C32H33NO6S. The van der Waals surface area contributed by atoms with Gasteiger partial charge in [0.2, 0.25) is 10.0 Å². The number of ether oxygens (including phenoxy) is 2. The summed E-state index contributed by atoms with van der Waals surface area (Å²) in [6.07, 6.45) is 5.49. The zero-order valence-corrected chi connectivity index (χ0v) is 23.2. The monoisotopic (exact) mass is 559 g/mol. The zero-order chi connectivity index (χ0) is 28.1. The molecule has 3 aliphatic rings. The van der Waals surface area contributed by atoms with Crippen molar-refractivity contribution in [2.24, 2.45) is 22.4 Å². The first-order valence-corrected chi connectivity index (χ1v) is 15.4. The van der Waals surface area contributed by atoms with Crippen LogP contribution >= 0.6 is 0 Å². The van der Waals surface area contributed by atoms with Crippen LogP contribution in [0.4, 0.5) is 0 Å². The van der Waals surface area contributed by atoms with E-state index in [1.807, 2.05) is 30.3 Å². The van der Waals surface area contributed by atoms with E-state index in [1.165, 1.54) is 29.3 Å². The molecule has 40 heavy (non-hydrogen) atoms. The molecule has 0 bridgehead atoms. The SMILES string of the molecule is C[C@]12CC[C@@H]3c4ccc(OC(=O)c5ccccc5)cc4CC[C@H]3[C@@H]1CC[C@@H]2OC(=O)c1cccc(S(N)(=O)=O)c1. The lowest BCUT2D eigenvalue weighted by atomic mass is 9.55. The lowest BCUT2D eigenvalue weighted by molar-refractivity contribution is -0.0428. The number of hydrogen-bond acceptors (Lipinski definition) is 6. The molecule has 3 aliphatic carbocycles. The highest BCUT2D eigenvalue weighted by Crippen LogP contribution is 2.61. The van der Waals surface area contributed by atoms with Crippen LogP contribution in [0.5, 0.6) is 5.75 Å². The Morgan fingerprint density at radius 1 is 0.875 bits per heavy atom. The van der Waals surface area contributed by atoms with E-state index >= 15 is 0 Å². The van der Waals surface area contributed by atoms with Crippen molar-refractivity contribution < 1.29 is 27.5 Å². The molecule has 8 heteroatoms. The van der Waals surface area contributed by atoms with Gasteiger partial charge in [-0.3, -0.25) is 0 Å². The number of primary sulfonamides is 1. The van der Waals surface area contributed by atoms with Crippen molar-refractivity contribution in [3.8, 4) is 5.75 Å². The number of nitrogens with two attached hydrogens (primary N) is 1. The molecule has 0 heterocycles. The van der Waals surface area contributed by atoms with Crippen LogP contribution in [0.1, 0.15) is 76.8 Å². The third-order valence-electron chi connectivity index (χ3n) is 9.48. The van der Waals surface area contributed by atoms with Gasteiger partial charge in [-0.15, -0.1) is 0 Å². The number of carbonyl (C=O) groups is 2. The number of sulfonamides is 1. The van der Waals surface area contributed by atoms with E-state index in [9.17, 15) is 18.0 Å². The quantitative estimate of drug-likeness (QED) is 0.320. The fraction of sp³-hybridized carbons (Fsp3) is 0.375. The van der Waals surface area contributed by atoms with E-state index in [0.717, 1.165) is 38.5 Å². The van der Waals surface area contributed by atoms with Crippen LogP contribution in [0.15, 0.2) is 77.7 Å². The zero-order valence-electron chi connectivity index (χ0n) is 22.4. The maximum Gasteiger partial charge on any atom is 0.343 e. The first kappa shape index (κ1) is 26.7. The van der Waals surface area contributed by atoms with E-state index in [2.05, 4.69) is 13.0 Å². The van der Waals surface area contributed by atoms with Gasteiger partial charge in [-0.1, -0.05) is 37.3 Å². The van der Waals surface area contributed by atoms with Gasteiger partial charge in [0.1, 0.15) is 11.9 Å².